The molecule has 1 fully saturated rings. The summed E-state index contributed by atoms with van der Waals surface area (Å²) in [6.07, 6.45) is 0. The first-order valence-corrected chi connectivity index (χ1v) is 9.33. The SMILES string of the molecule is CN1B([Si](C)(C)c2ccccc2)OCC1(C)C. The number of hydrogen-bond donors (Lipinski definition) is 0. The van der Waals surface area contributed by atoms with Crippen LogP contribution in [0.1, 0.15) is 13.8 Å². The number of likely N-dealkylation sites (N-methyl/N-ethyl adjacent to an activating group) is 1. The van der Waals surface area contributed by atoms with Gasteiger partial charge in [-0.1, -0.05) is 48.6 Å². The maximum atomic E-state index is 6.09. The highest BCUT2D eigenvalue weighted by Gasteiger charge is 2.51. The van der Waals surface area contributed by atoms with Crippen molar-refractivity contribution in [1.29, 1.82) is 0 Å². The van der Waals surface area contributed by atoms with Crippen LogP contribution in [0.15, 0.2) is 30.3 Å². The minimum absolute atomic E-state index is 0.156. The summed E-state index contributed by atoms with van der Waals surface area (Å²) in [4.78, 5) is 2.41. The van der Waals surface area contributed by atoms with E-state index in [1.807, 2.05) is 0 Å². The second kappa shape index (κ2) is 4.27. The predicted octanol–water partition coefficient (Wildman–Crippen LogP) is 1.91. The minimum atomic E-state index is -1.59. The van der Waals surface area contributed by atoms with Crippen LogP contribution in [0.5, 0.6) is 0 Å². The molecule has 0 radical (unpaired) electrons. The zero-order valence-corrected chi connectivity index (χ0v) is 12.5. The van der Waals surface area contributed by atoms with E-state index in [9.17, 15) is 0 Å². The molecule has 0 N–H and O–H groups in total. The molecule has 1 saturated heterocycles. The minimum Gasteiger partial charge on any atom is -0.422 e. The quantitative estimate of drug-likeness (QED) is 0.740. The lowest BCUT2D eigenvalue weighted by atomic mass is 10.0. The molecule has 1 heterocycles. The van der Waals surface area contributed by atoms with E-state index >= 15 is 0 Å². The normalized spacial score (nSPS) is 20.9. The Morgan fingerprint density at radius 1 is 1.24 bits per heavy atom. The van der Waals surface area contributed by atoms with Crippen LogP contribution in [0.4, 0.5) is 0 Å². The summed E-state index contributed by atoms with van der Waals surface area (Å²) in [5, 5.41) is 1.47. The molecule has 0 saturated carbocycles. The standard InChI is InChI=1S/C13H22BNOSi/c1-13(2)11-16-14(15(13)3)17(4,5)12-9-7-6-8-10-12/h6-10H,11H2,1-5H3. The third kappa shape index (κ3) is 2.21. The molecule has 1 aliphatic heterocycles. The molecule has 1 aliphatic rings. The van der Waals surface area contributed by atoms with Gasteiger partial charge in [-0.05, 0) is 20.9 Å². The topological polar surface area (TPSA) is 12.5 Å². The van der Waals surface area contributed by atoms with Gasteiger partial charge in [0.15, 0.2) is 0 Å². The summed E-state index contributed by atoms with van der Waals surface area (Å²) in [7, 11) is 0.595. The Balaban J connectivity index is 2.29. The van der Waals surface area contributed by atoms with Gasteiger partial charge in [-0.2, -0.15) is 0 Å². The van der Waals surface area contributed by atoms with E-state index in [2.05, 4.69) is 69.1 Å². The molecule has 0 spiro atoms. The lowest BCUT2D eigenvalue weighted by molar-refractivity contribution is 0.247. The summed E-state index contributed by atoms with van der Waals surface area (Å²) < 4.78 is 6.09. The van der Waals surface area contributed by atoms with Crippen LogP contribution in [-0.2, 0) is 4.65 Å². The number of hydrogen-bond acceptors (Lipinski definition) is 2. The van der Waals surface area contributed by atoms with Crippen LogP contribution in [0.25, 0.3) is 0 Å². The predicted molar refractivity (Wildman–Crippen MR) is 77.1 cm³/mol. The average molecular weight is 247 g/mol. The Labute approximate surface area is 106 Å². The van der Waals surface area contributed by atoms with Gasteiger partial charge < -0.3 is 9.47 Å². The molecule has 1 aromatic carbocycles. The molecule has 92 valence electrons. The third-order valence-corrected chi connectivity index (χ3v) is 7.65. The van der Waals surface area contributed by atoms with Crippen molar-refractivity contribution in [3.05, 3.63) is 30.3 Å². The van der Waals surface area contributed by atoms with E-state index in [-0.39, 0.29) is 12.2 Å². The first kappa shape index (κ1) is 12.9. The molecule has 0 amide bonds. The molecule has 0 aliphatic carbocycles. The van der Waals surface area contributed by atoms with Crippen LogP contribution in [0.3, 0.4) is 0 Å². The van der Waals surface area contributed by atoms with Gasteiger partial charge in [-0.25, -0.2) is 0 Å². The molecule has 2 nitrogen and oxygen atoms in total. The molecule has 0 bridgehead atoms. The average Bonchev–Trinajstić information content (AvgIpc) is 2.56. The van der Waals surface area contributed by atoms with Crippen molar-refractivity contribution in [2.45, 2.75) is 32.5 Å². The maximum Gasteiger partial charge on any atom is 0.368 e. The van der Waals surface area contributed by atoms with Crippen molar-refractivity contribution in [2.24, 2.45) is 0 Å². The smallest absolute Gasteiger partial charge is 0.368 e. The van der Waals surface area contributed by atoms with Gasteiger partial charge in [0.2, 0.25) is 0 Å². The molecule has 4 heteroatoms. The zero-order chi connectivity index (χ0) is 12.7. The van der Waals surface area contributed by atoms with Crippen molar-refractivity contribution in [3.63, 3.8) is 0 Å². The summed E-state index contributed by atoms with van der Waals surface area (Å²) in [6, 6.07) is 10.8. The number of rotatable bonds is 2. The fourth-order valence-electron chi connectivity index (χ4n) is 2.52. The Morgan fingerprint density at radius 2 is 1.82 bits per heavy atom. The molecule has 0 unspecified atom stereocenters. The van der Waals surface area contributed by atoms with Gasteiger partial charge in [0.05, 0.1) is 0 Å². The van der Waals surface area contributed by atoms with E-state index in [4.69, 9.17) is 4.65 Å². The summed E-state index contributed by atoms with van der Waals surface area (Å²) in [5.41, 5.74) is 0.156. The van der Waals surface area contributed by atoms with Crippen LogP contribution in [0, 0.1) is 0 Å². The Morgan fingerprint density at radius 3 is 2.29 bits per heavy atom. The molecular weight excluding hydrogens is 225 g/mol. The van der Waals surface area contributed by atoms with Gasteiger partial charge in [-0.3, -0.25) is 0 Å². The van der Waals surface area contributed by atoms with E-state index in [1.54, 1.807) is 0 Å². The van der Waals surface area contributed by atoms with Gasteiger partial charge in [0.25, 0.3) is 0 Å². The van der Waals surface area contributed by atoms with Gasteiger partial charge in [-0.15, -0.1) is 0 Å². The van der Waals surface area contributed by atoms with Gasteiger partial charge in [0.1, 0.15) is 7.94 Å². The van der Waals surface area contributed by atoms with Crippen molar-refractivity contribution < 1.29 is 4.65 Å². The van der Waals surface area contributed by atoms with Crippen LogP contribution in [0.2, 0.25) is 13.1 Å². The monoisotopic (exact) mass is 247 g/mol. The Bertz CT molecular complexity index is 394. The van der Waals surface area contributed by atoms with E-state index in [1.165, 1.54) is 5.19 Å². The van der Waals surface area contributed by atoms with E-state index in [0.717, 1.165) is 6.61 Å². The zero-order valence-electron chi connectivity index (χ0n) is 11.5. The van der Waals surface area contributed by atoms with Crippen LogP contribution in [-0.4, -0.2) is 38.6 Å². The van der Waals surface area contributed by atoms with Crippen molar-refractivity contribution >= 4 is 19.8 Å². The summed E-state index contributed by atoms with van der Waals surface area (Å²) in [6.45, 7) is 10.4. The molecular formula is C13H22BNOSi. The maximum absolute atomic E-state index is 6.09. The highest BCUT2D eigenvalue weighted by atomic mass is 28.3. The van der Waals surface area contributed by atoms with E-state index < -0.39 is 7.94 Å². The lowest BCUT2D eigenvalue weighted by Crippen LogP contribution is -2.63. The van der Waals surface area contributed by atoms with Gasteiger partial charge >= 0.3 is 6.64 Å². The lowest BCUT2D eigenvalue weighted by Gasteiger charge is -2.34. The third-order valence-electron chi connectivity index (χ3n) is 4.04. The summed E-state index contributed by atoms with van der Waals surface area (Å²) >= 11 is 0. The molecule has 0 aromatic heterocycles. The van der Waals surface area contributed by atoms with Crippen LogP contribution < -0.4 is 5.19 Å². The fourth-order valence-corrected chi connectivity index (χ4v) is 5.67. The van der Waals surface area contributed by atoms with Gasteiger partial charge in [0, 0.05) is 12.1 Å². The first-order chi connectivity index (χ1) is 7.86. The molecule has 17 heavy (non-hydrogen) atoms. The largest absolute Gasteiger partial charge is 0.422 e. The Hall–Kier alpha value is -0.578. The molecule has 2 rings (SSSR count). The number of nitrogens with zero attached hydrogens (tertiary/aromatic N) is 1. The second-order valence-electron chi connectivity index (χ2n) is 6.17. The fraction of sp³-hybridized carbons (Fsp3) is 0.538. The Kier molecular flexibility index (Phi) is 3.23. The summed E-state index contributed by atoms with van der Waals surface area (Å²) in [5.74, 6) is 0. The van der Waals surface area contributed by atoms with E-state index in [0.29, 0.717) is 0 Å². The van der Waals surface area contributed by atoms with Crippen LogP contribution >= 0.6 is 0 Å². The molecule has 0 atom stereocenters. The number of benzene rings is 1. The second-order valence-corrected chi connectivity index (χ2v) is 10.7. The highest BCUT2D eigenvalue weighted by molar-refractivity contribution is 7.34. The molecule has 1 aromatic rings. The van der Waals surface area contributed by atoms with Crippen molar-refractivity contribution in [1.82, 2.24) is 4.81 Å². The van der Waals surface area contributed by atoms with Crippen molar-refractivity contribution in [2.75, 3.05) is 13.7 Å². The highest BCUT2D eigenvalue weighted by Crippen LogP contribution is 2.27. The first-order valence-electron chi connectivity index (χ1n) is 6.26. The van der Waals surface area contributed by atoms with Crippen molar-refractivity contribution in [3.8, 4) is 0 Å².